The SMILES string of the molecule is C#Cc1ccc(NC(=O)CCCC(=O)N(CCCCOP(O)N(C(C)C)C(C)C)CCCCOC(c2ccccc2)(c2ccc(OC)cc2)c2ccc(OC)cc2)cc1. The summed E-state index contributed by atoms with van der Waals surface area (Å²) in [6.45, 7) is 10.1. The number of nitrogens with zero attached hydrogens (tertiary/aromatic N) is 2. The zero-order valence-electron chi connectivity index (χ0n) is 35.6. The van der Waals surface area contributed by atoms with E-state index in [4.69, 9.17) is 25.2 Å². The average molecular weight is 824 g/mol. The highest BCUT2D eigenvalue weighted by molar-refractivity contribution is 7.43. The summed E-state index contributed by atoms with van der Waals surface area (Å²) in [7, 11) is 1.60. The molecule has 0 aromatic heterocycles. The van der Waals surface area contributed by atoms with Crippen LogP contribution in [0.3, 0.4) is 0 Å². The van der Waals surface area contributed by atoms with Crippen LogP contribution in [0.4, 0.5) is 5.69 Å². The average Bonchev–Trinajstić information content (AvgIpc) is 3.24. The second-order valence-electron chi connectivity index (χ2n) is 14.9. The Bertz CT molecular complexity index is 1830. The number of unbranched alkanes of at least 4 members (excludes halogenated alkanes) is 2. The van der Waals surface area contributed by atoms with E-state index >= 15 is 0 Å². The lowest BCUT2D eigenvalue weighted by molar-refractivity contribution is -0.131. The highest BCUT2D eigenvalue weighted by atomic mass is 31.2. The van der Waals surface area contributed by atoms with Gasteiger partial charge in [-0.1, -0.05) is 60.5 Å². The van der Waals surface area contributed by atoms with Crippen molar-refractivity contribution in [2.45, 2.75) is 90.3 Å². The van der Waals surface area contributed by atoms with Gasteiger partial charge in [-0.3, -0.25) is 9.59 Å². The van der Waals surface area contributed by atoms with E-state index < -0.39 is 14.1 Å². The quantitative estimate of drug-likeness (QED) is 0.0295. The van der Waals surface area contributed by atoms with E-state index in [2.05, 4.69) is 23.4 Å². The lowest BCUT2D eigenvalue weighted by Gasteiger charge is -2.36. The molecule has 0 saturated carbocycles. The van der Waals surface area contributed by atoms with E-state index in [9.17, 15) is 14.5 Å². The molecule has 0 bridgehead atoms. The predicted molar refractivity (Wildman–Crippen MR) is 237 cm³/mol. The van der Waals surface area contributed by atoms with Gasteiger partial charge in [-0.25, -0.2) is 4.67 Å². The summed E-state index contributed by atoms with van der Waals surface area (Å²) in [5.74, 6) is 3.93. The molecule has 4 aromatic carbocycles. The van der Waals surface area contributed by atoms with Crippen LogP contribution >= 0.6 is 8.53 Å². The van der Waals surface area contributed by atoms with Gasteiger partial charge in [-0.15, -0.1) is 6.42 Å². The molecule has 10 nitrogen and oxygen atoms in total. The molecule has 4 rings (SSSR count). The summed E-state index contributed by atoms with van der Waals surface area (Å²) < 4.78 is 25.9. The third kappa shape index (κ3) is 13.9. The highest BCUT2D eigenvalue weighted by Gasteiger charge is 2.37. The smallest absolute Gasteiger partial charge is 0.256 e. The van der Waals surface area contributed by atoms with Crippen molar-refractivity contribution in [2.75, 3.05) is 45.8 Å². The number of hydrogen-bond acceptors (Lipinski definition) is 8. The molecule has 0 aliphatic carbocycles. The van der Waals surface area contributed by atoms with Crippen LogP contribution in [0.5, 0.6) is 11.5 Å². The molecule has 2 amide bonds. The topological polar surface area (TPSA) is 110 Å². The normalized spacial score (nSPS) is 12.0. The van der Waals surface area contributed by atoms with E-state index in [1.165, 1.54) is 0 Å². The Morgan fingerprint density at radius 2 is 1.24 bits per heavy atom. The number of benzene rings is 4. The van der Waals surface area contributed by atoms with Crippen molar-refractivity contribution >= 4 is 26.0 Å². The van der Waals surface area contributed by atoms with Gasteiger partial charge in [0.15, 0.2) is 0 Å². The lowest BCUT2D eigenvalue weighted by atomic mass is 9.80. The number of hydrogen-bond donors (Lipinski definition) is 2. The Balaban J connectivity index is 1.43. The molecule has 59 heavy (non-hydrogen) atoms. The molecule has 1 unspecified atom stereocenters. The monoisotopic (exact) mass is 823 g/mol. The van der Waals surface area contributed by atoms with Gasteiger partial charge in [-0.2, -0.15) is 0 Å². The number of anilines is 1. The summed E-state index contributed by atoms with van der Waals surface area (Å²) >= 11 is 0. The number of carbonyl (C=O) groups excluding carboxylic acids is 2. The van der Waals surface area contributed by atoms with Gasteiger partial charge in [0.1, 0.15) is 17.1 Å². The van der Waals surface area contributed by atoms with Crippen LogP contribution in [0.25, 0.3) is 0 Å². The Labute approximate surface area is 353 Å². The minimum absolute atomic E-state index is 0.00306. The fraction of sp³-hybridized carbons (Fsp3) is 0.417. The first-order chi connectivity index (χ1) is 28.5. The lowest BCUT2D eigenvalue weighted by Crippen LogP contribution is -2.34. The van der Waals surface area contributed by atoms with E-state index in [1.807, 2.05) is 104 Å². The molecule has 1 atom stereocenters. The van der Waals surface area contributed by atoms with E-state index in [0.29, 0.717) is 57.7 Å². The zero-order valence-corrected chi connectivity index (χ0v) is 36.5. The largest absolute Gasteiger partial charge is 0.497 e. The Hall–Kier alpha value is -4.75. The molecule has 0 aliphatic heterocycles. The number of terminal acetylenes is 1. The molecule has 0 aliphatic rings. The van der Waals surface area contributed by atoms with E-state index in [0.717, 1.165) is 40.2 Å². The minimum atomic E-state index is -1.70. The van der Waals surface area contributed by atoms with Crippen LogP contribution in [0.1, 0.15) is 94.9 Å². The molecule has 11 heteroatoms. The third-order valence-corrected chi connectivity index (χ3v) is 11.8. The third-order valence-electron chi connectivity index (χ3n) is 10.1. The molecule has 0 radical (unpaired) electrons. The van der Waals surface area contributed by atoms with Gasteiger partial charge < -0.3 is 33.8 Å². The van der Waals surface area contributed by atoms with E-state index in [1.54, 1.807) is 38.5 Å². The minimum Gasteiger partial charge on any atom is -0.497 e. The maximum Gasteiger partial charge on any atom is 0.256 e. The Morgan fingerprint density at radius 3 is 1.75 bits per heavy atom. The number of carbonyl (C=O) groups is 2. The van der Waals surface area contributed by atoms with Gasteiger partial charge in [0.2, 0.25) is 11.8 Å². The second-order valence-corrected chi connectivity index (χ2v) is 16.2. The molecular formula is C48H62N3O7P. The van der Waals surface area contributed by atoms with Gasteiger partial charge in [-0.05, 0) is 125 Å². The number of methoxy groups -OCH3 is 2. The number of nitrogens with one attached hydrogen (secondary N) is 1. The van der Waals surface area contributed by atoms with Crippen LogP contribution < -0.4 is 14.8 Å². The van der Waals surface area contributed by atoms with Crippen LogP contribution in [-0.2, 0) is 24.5 Å². The number of amides is 2. The van der Waals surface area contributed by atoms with Crippen molar-refractivity contribution in [1.29, 1.82) is 0 Å². The molecule has 4 aromatic rings. The van der Waals surface area contributed by atoms with Gasteiger partial charge >= 0.3 is 0 Å². The van der Waals surface area contributed by atoms with Crippen LogP contribution in [0, 0.1) is 12.3 Å². The first kappa shape index (κ1) is 46.9. The van der Waals surface area contributed by atoms with Gasteiger partial charge in [0.25, 0.3) is 8.53 Å². The summed E-state index contributed by atoms with van der Waals surface area (Å²) in [5, 5.41) is 2.89. The van der Waals surface area contributed by atoms with Gasteiger partial charge in [0.05, 0.1) is 20.8 Å². The summed E-state index contributed by atoms with van der Waals surface area (Å²) in [5.41, 5.74) is 3.38. The highest BCUT2D eigenvalue weighted by Crippen LogP contribution is 2.42. The molecule has 2 N–H and O–H groups in total. The first-order valence-corrected chi connectivity index (χ1v) is 21.7. The molecule has 0 saturated heterocycles. The Morgan fingerprint density at radius 1 is 0.712 bits per heavy atom. The molecule has 0 spiro atoms. The fourth-order valence-electron chi connectivity index (χ4n) is 7.11. The summed E-state index contributed by atoms with van der Waals surface area (Å²) in [4.78, 5) is 39.0. The molecular weight excluding hydrogens is 762 g/mol. The molecule has 316 valence electrons. The number of ether oxygens (including phenoxy) is 3. The summed E-state index contributed by atoms with van der Waals surface area (Å²) in [6, 6.07) is 33.5. The maximum absolute atomic E-state index is 13.7. The zero-order chi connectivity index (χ0) is 42.6. The van der Waals surface area contributed by atoms with Crippen LogP contribution in [-0.4, -0.2) is 78.9 Å². The van der Waals surface area contributed by atoms with Crippen molar-refractivity contribution in [1.82, 2.24) is 9.57 Å². The standard InChI is InChI=1S/C48H62N3O7P/c1-8-39-21-27-43(28-22-39)49-46(52)19-16-20-47(53)50(34-13-15-36-58-59(54)51(37(2)3)38(4)5)33-12-14-35-57-48(40-17-10-9-11-18-40,41-23-29-44(55-6)30-24-41)42-25-31-45(56-7)32-26-42/h1,9-11,17-18,21-32,37-38,54H,12-16,19-20,33-36H2,2-7H3,(H,49,52). The van der Waals surface area contributed by atoms with Crippen molar-refractivity contribution in [2.24, 2.45) is 0 Å². The molecule has 0 heterocycles. The van der Waals surface area contributed by atoms with E-state index in [-0.39, 0.29) is 36.7 Å². The maximum atomic E-state index is 13.7. The first-order valence-electron chi connectivity index (χ1n) is 20.5. The van der Waals surface area contributed by atoms with Crippen molar-refractivity contribution in [3.8, 4) is 23.8 Å². The van der Waals surface area contributed by atoms with Crippen LogP contribution in [0.15, 0.2) is 103 Å². The Kier molecular flexibility index (Phi) is 19.4. The number of rotatable bonds is 25. The van der Waals surface area contributed by atoms with Crippen molar-refractivity contribution in [3.63, 3.8) is 0 Å². The predicted octanol–water partition coefficient (Wildman–Crippen LogP) is 9.55. The fourth-order valence-corrected chi connectivity index (χ4v) is 8.32. The van der Waals surface area contributed by atoms with Crippen LogP contribution in [0.2, 0.25) is 0 Å². The molecule has 0 fully saturated rings. The summed E-state index contributed by atoms with van der Waals surface area (Å²) in [6.07, 6.45) is 9.17. The second kappa shape index (κ2) is 24.4. The van der Waals surface area contributed by atoms with Crippen molar-refractivity contribution < 1.29 is 33.2 Å². The van der Waals surface area contributed by atoms with Gasteiger partial charge in [0, 0.05) is 55.9 Å². The van der Waals surface area contributed by atoms with Crippen molar-refractivity contribution in [3.05, 3.63) is 125 Å².